The average Bonchev–Trinajstić information content (AvgIpc) is 2.43. The molecule has 1 fully saturated rings. The minimum absolute atomic E-state index is 0.320. The van der Waals surface area contributed by atoms with Crippen LogP contribution in [0.2, 0.25) is 0 Å². The van der Waals surface area contributed by atoms with Crippen molar-refractivity contribution in [3.05, 3.63) is 5.82 Å². The zero-order chi connectivity index (χ0) is 8.39. The van der Waals surface area contributed by atoms with Crippen molar-refractivity contribution in [2.24, 2.45) is 5.92 Å². The Hall–Kier alpha value is -0.970. The van der Waals surface area contributed by atoms with E-state index in [9.17, 15) is 5.11 Å². The van der Waals surface area contributed by atoms with Gasteiger partial charge >= 0.3 is 0 Å². The van der Waals surface area contributed by atoms with Crippen molar-refractivity contribution >= 4 is 0 Å². The van der Waals surface area contributed by atoms with Gasteiger partial charge in [0.1, 0.15) is 6.61 Å². The Morgan fingerprint density at radius 1 is 1.50 bits per heavy atom. The molecule has 0 amide bonds. The van der Waals surface area contributed by atoms with E-state index in [1.165, 1.54) is 19.3 Å². The first kappa shape index (κ1) is 7.67. The second-order valence-electron chi connectivity index (χ2n) is 3.22. The van der Waals surface area contributed by atoms with E-state index in [0.29, 0.717) is 11.7 Å². The Labute approximate surface area is 70.4 Å². The highest BCUT2D eigenvalue weighted by molar-refractivity contribution is 4.79. The third-order valence-electron chi connectivity index (χ3n) is 2.39. The molecule has 5 heteroatoms. The molecule has 0 aromatic carbocycles. The lowest BCUT2D eigenvalue weighted by Crippen LogP contribution is -2.20. The predicted octanol–water partition coefficient (Wildman–Crippen LogP) is 0.404. The molecular weight excluding hydrogens is 156 g/mol. The Kier molecular flexibility index (Phi) is 2.03. The summed E-state index contributed by atoms with van der Waals surface area (Å²) in [7, 11) is 0. The van der Waals surface area contributed by atoms with Gasteiger partial charge in [-0.25, -0.2) is 9.79 Å². The summed E-state index contributed by atoms with van der Waals surface area (Å²) < 4.78 is 1.64. The summed E-state index contributed by atoms with van der Waals surface area (Å²) in [4.78, 5) is 0. The summed E-state index contributed by atoms with van der Waals surface area (Å²) >= 11 is 0. The molecule has 0 bridgehead atoms. The van der Waals surface area contributed by atoms with Crippen molar-refractivity contribution in [1.29, 1.82) is 0 Å². The normalized spacial score (nSPS) is 17.8. The summed E-state index contributed by atoms with van der Waals surface area (Å²) in [6.07, 6.45) is 3.80. The second-order valence-corrected chi connectivity index (χ2v) is 3.22. The third kappa shape index (κ3) is 1.32. The lowest BCUT2D eigenvalue weighted by Gasteiger charge is -2.24. The summed E-state index contributed by atoms with van der Waals surface area (Å²) in [5.74, 6) is 1.15. The van der Waals surface area contributed by atoms with E-state index in [4.69, 9.17) is 0 Å². The molecule has 1 aromatic rings. The van der Waals surface area contributed by atoms with Crippen LogP contribution in [0.5, 0.6) is 0 Å². The molecule has 1 heterocycles. The molecule has 0 atom stereocenters. The van der Waals surface area contributed by atoms with Crippen LogP contribution in [0.4, 0.5) is 0 Å². The first-order valence-corrected chi connectivity index (χ1v) is 4.23. The standard InChI is InChI=1S/C7H11N4O/c12-5-7-8-9-10-11(7)4-6-2-1-3-6/h6H,1-5H2. The van der Waals surface area contributed by atoms with Gasteiger partial charge in [-0.1, -0.05) is 6.42 Å². The van der Waals surface area contributed by atoms with Gasteiger partial charge in [0, 0.05) is 6.54 Å². The maximum atomic E-state index is 10.5. The highest BCUT2D eigenvalue weighted by Crippen LogP contribution is 2.27. The van der Waals surface area contributed by atoms with Crippen LogP contribution in [-0.4, -0.2) is 20.2 Å². The minimum Gasteiger partial charge on any atom is -0.228 e. The Morgan fingerprint density at radius 2 is 2.33 bits per heavy atom. The molecule has 1 aliphatic carbocycles. The fraction of sp³-hybridized carbons (Fsp3) is 0.857. The maximum absolute atomic E-state index is 10.5. The Bertz CT molecular complexity index is 256. The van der Waals surface area contributed by atoms with E-state index < -0.39 is 0 Å². The number of tetrazole rings is 1. The van der Waals surface area contributed by atoms with Gasteiger partial charge in [-0.05, 0) is 29.2 Å². The van der Waals surface area contributed by atoms with Gasteiger partial charge in [0.25, 0.3) is 0 Å². The first-order valence-electron chi connectivity index (χ1n) is 4.23. The van der Waals surface area contributed by atoms with E-state index >= 15 is 0 Å². The fourth-order valence-electron chi connectivity index (χ4n) is 1.39. The molecule has 0 spiro atoms. The van der Waals surface area contributed by atoms with E-state index in [1.54, 1.807) is 4.68 Å². The topological polar surface area (TPSA) is 63.5 Å². The maximum Gasteiger partial charge on any atom is 0.180 e. The summed E-state index contributed by atoms with van der Waals surface area (Å²) in [6.45, 7) is 0.504. The van der Waals surface area contributed by atoms with E-state index in [0.717, 1.165) is 6.54 Å². The molecule has 0 N–H and O–H groups in total. The van der Waals surface area contributed by atoms with E-state index in [2.05, 4.69) is 15.5 Å². The van der Waals surface area contributed by atoms with Crippen molar-refractivity contribution in [2.75, 3.05) is 0 Å². The zero-order valence-corrected chi connectivity index (χ0v) is 6.81. The van der Waals surface area contributed by atoms with Crippen molar-refractivity contribution in [2.45, 2.75) is 32.4 Å². The summed E-state index contributed by atoms with van der Waals surface area (Å²) in [6, 6.07) is 0. The lowest BCUT2D eigenvalue weighted by atomic mass is 9.85. The van der Waals surface area contributed by atoms with Crippen molar-refractivity contribution < 1.29 is 5.11 Å². The number of nitrogens with zero attached hydrogens (tertiary/aromatic N) is 4. The number of hydrogen-bond acceptors (Lipinski definition) is 3. The second kappa shape index (κ2) is 3.18. The SMILES string of the molecule is [O]Cc1nnnn1CC1CCC1. The van der Waals surface area contributed by atoms with Crippen LogP contribution in [0.3, 0.4) is 0 Å². The summed E-state index contributed by atoms with van der Waals surface area (Å²) in [5, 5.41) is 21.4. The lowest BCUT2D eigenvalue weighted by molar-refractivity contribution is 0.159. The largest absolute Gasteiger partial charge is 0.228 e. The van der Waals surface area contributed by atoms with Gasteiger partial charge in [0.05, 0.1) is 0 Å². The molecule has 1 saturated carbocycles. The van der Waals surface area contributed by atoms with Gasteiger partial charge in [0.2, 0.25) is 0 Å². The van der Waals surface area contributed by atoms with E-state index in [-0.39, 0.29) is 6.61 Å². The van der Waals surface area contributed by atoms with Gasteiger partial charge in [-0.3, -0.25) is 0 Å². The molecule has 1 aromatic heterocycles. The van der Waals surface area contributed by atoms with E-state index in [1.807, 2.05) is 0 Å². The van der Waals surface area contributed by atoms with Crippen LogP contribution >= 0.6 is 0 Å². The number of aromatic nitrogens is 4. The van der Waals surface area contributed by atoms with Crippen LogP contribution in [-0.2, 0) is 18.3 Å². The first-order chi connectivity index (χ1) is 5.90. The van der Waals surface area contributed by atoms with Crippen LogP contribution in [0, 0.1) is 5.92 Å². The highest BCUT2D eigenvalue weighted by atomic mass is 16.3. The van der Waals surface area contributed by atoms with Gasteiger partial charge < -0.3 is 0 Å². The minimum atomic E-state index is -0.320. The van der Waals surface area contributed by atoms with Crippen molar-refractivity contribution in [3.63, 3.8) is 0 Å². The van der Waals surface area contributed by atoms with Gasteiger partial charge in [0.15, 0.2) is 5.82 Å². The van der Waals surface area contributed by atoms with Crippen LogP contribution < -0.4 is 0 Å². The molecule has 5 nitrogen and oxygen atoms in total. The average molecular weight is 167 g/mol. The molecular formula is C7H11N4O. The van der Waals surface area contributed by atoms with Crippen molar-refractivity contribution in [3.8, 4) is 0 Å². The molecule has 0 unspecified atom stereocenters. The molecule has 0 saturated heterocycles. The molecule has 2 rings (SSSR count). The summed E-state index contributed by atoms with van der Waals surface area (Å²) in [5.41, 5.74) is 0. The van der Waals surface area contributed by atoms with Gasteiger partial charge in [-0.15, -0.1) is 5.10 Å². The van der Waals surface area contributed by atoms with Crippen molar-refractivity contribution in [1.82, 2.24) is 20.2 Å². The Morgan fingerprint density at radius 3 is 2.92 bits per heavy atom. The van der Waals surface area contributed by atoms with Crippen LogP contribution in [0.25, 0.3) is 0 Å². The molecule has 0 aliphatic heterocycles. The number of rotatable bonds is 3. The monoisotopic (exact) mass is 167 g/mol. The highest BCUT2D eigenvalue weighted by Gasteiger charge is 2.19. The predicted molar refractivity (Wildman–Crippen MR) is 39.5 cm³/mol. The van der Waals surface area contributed by atoms with Crippen LogP contribution in [0.15, 0.2) is 0 Å². The third-order valence-corrected chi connectivity index (χ3v) is 2.39. The van der Waals surface area contributed by atoms with Crippen LogP contribution in [0.1, 0.15) is 25.1 Å². The molecule has 1 radical (unpaired) electrons. The molecule has 65 valence electrons. The zero-order valence-electron chi connectivity index (χ0n) is 6.81. The number of hydrogen-bond donors (Lipinski definition) is 0. The molecule has 12 heavy (non-hydrogen) atoms. The molecule has 1 aliphatic rings. The fourth-order valence-corrected chi connectivity index (χ4v) is 1.39. The Balaban J connectivity index is 2.00. The van der Waals surface area contributed by atoms with Gasteiger partial charge in [-0.2, -0.15) is 0 Å². The quantitative estimate of drug-likeness (QED) is 0.654. The smallest absolute Gasteiger partial charge is 0.180 e.